The van der Waals surface area contributed by atoms with Gasteiger partial charge in [-0.3, -0.25) is 14.5 Å². The van der Waals surface area contributed by atoms with Gasteiger partial charge >= 0.3 is 6.18 Å². The largest absolute Gasteiger partial charge is 0.497 e. The molecule has 0 radical (unpaired) electrons. The van der Waals surface area contributed by atoms with Crippen LogP contribution in [0.2, 0.25) is 0 Å². The molecule has 1 saturated heterocycles. The number of nitrogens with zero attached hydrogens (tertiary/aromatic N) is 2. The van der Waals surface area contributed by atoms with Gasteiger partial charge in [0.1, 0.15) is 16.8 Å². The Kier molecular flexibility index (Phi) is 7.82. The molecule has 4 rings (SSSR count). The highest BCUT2D eigenvalue weighted by Crippen LogP contribution is 2.34. The second kappa shape index (κ2) is 11.0. The van der Waals surface area contributed by atoms with Crippen LogP contribution in [0.3, 0.4) is 0 Å². The lowest BCUT2D eigenvalue weighted by molar-refractivity contribution is -0.137. The van der Waals surface area contributed by atoms with Gasteiger partial charge < -0.3 is 10.1 Å². The average Bonchev–Trinajstić information content (AvgIpc) is 2.87. The molecule has 1 fully saturated rings. The summed E-state index contributed by atoms with van der Waals surface area (Å²) in [7, 11) is 1.52. The Labute approximate surface area is 214 Å². The second-order valence-corrected chi connectivity index (χ2v) is 9.22. The van der Waals surface area contributed by atoms with Gasteiger partial charge in [0, 0.05) is 6.42 Å². The molecule has 11 heteroatoms. The van der Waals surface area contributed by atoms with E-state index < -0.39 is 34.6 Å². The Morgan fingerprint density at radius 1 is 1.11 bits per heavy atom. The van der Waals surface area contributed by atoms with Crippen molar-refractivity contribution in [3.8, 4) is 5.75 Å². The zero-order chi connectivity index (χ0) is 26.6. The maximum absolute atomic E-state index is 14.0. The summed E-state index contributed by atoms with van der Waals surface area (Å²) in [6, 6.07) is 16.9. The van der Waals surface area contributed by atoms with E-state index in [1.807, 2.05) is 0 Å². The number of aliphatic imine (C=N–C) groups is 1. The molecule has 0 saturated carbocycles. The highest BCUT2D eigenvalue weighted by Gasteiger charge is 2.36. The number of para-hydroxylation sites is 1. The monoisotopic (exact) mass is 531 g/mol. The molecule has 2 amide bonds. The lowest BCUT2D eigenvalue weighted by Crippen LogP contribution is -2.44. The first-order valence-corrected chi connectivity index (χ1v) is 11.9. The average molecular weight is 532 g/mol. The van der Waals surface area contributed by atoms with Gasteiger partial charge in [-0.25, -0.2) is 9.38 Å². The van der Waals surface area contributed by atoms with Crippen LogP contribution in [0.15, 0.2) is 77.8 Å². The number of rotatable bonds is 6. The van der Waals surface area contributed by atoms with Crippen LogP contribution >= 0.6 is 11.8 Å². The molecule has 0 spiro atoms. The molecule has 1 N–H and O–H groups in total. The number of amides is 2. The maximum atomic E-state index is 14.0. The summed E-state index contributed by atoms with van der Waals surface area (Å²) in [5.41, 5.74) is -0.240. The Morgan fingerprint density at radius 2 is 1.84 bits per heavy atom. The quantitative estimate of drug-likeness (QED) is 0.396. The summed E-state index contributed by atoms with van der Waals surface area (Å²) in [6.07, 6.45) is -4.78. The number of ether oxygens (including phenoxy) is 1. The Bertz CT molecular complexity index is 1330. The van der Waals surface area contributed by atoms with Crippen molar-refractivity contribution in [3.63, 3.8) is 0 Å². The molecule has 192 valence electrons. The van der Waals surface area contributed by atoms with E-state index >= 15 is 0 Å². The molecule has 1 heterocycles. The van der Waals surface area contributed by atoms with Crippen LogP contribution in [0.5, 0.6) is 5.75 Å². The van der Waals surface area contributed by atoms with Gasteiger partial charge in [-0.05, 0) is 48.0 Å². The van der Waals surface area contributed by atoms with E-state index in [4.69, 9.17) is 4.74 Å². The van der Waals surface area contributed by atoms with Gasteiger partial charge in [0.25, 0.3) is 0 Å². The van der Waals surface area contributed by atoms with Gasteiger partial charge in [-0.2, -0.15) is 13.2 Å². The third kappa shape index (κ3) is 6.48. The number of hydrogen-bond acceptors (Lipinski definition) is 5. The minimum Gasteiger partial charge on any atom is -0.497 e. The Hall–Kier alpha value is -3.86. The molecule has 6 nitrogen and oxygen atoms in total. The normalized spacial score (nSPS) is 17.1. The van der Waals surface area contributed by atoms with Crippen LogP contribution in [0.4, 0.5) is 28.9 Å². The molecule has 1 unspecified atom stereocenters. The molecule has 0 aliphatic carbocycles. The van der Waals surface area contributed by atoms with Crippen molar-refractivity contribution in [2.45, 2.75) is 24.4 Å². The summed E-state index contributed by atoms with van der Waals surface area (Å²) in [5, 5.41) is 1.55. The van der Waals surface area contributed by atoms with Crippen molar-refractivity contribution in [1.29, 1.82) is 0 Å². The van der Waals surface area contributed by atoms with E-state index in [1.165, 1.54) is 42.3 Å². The van der Waals surface area contributed by atoms with E-state index in [0.717, 1.165) is 29.5 Å². The predicted octanol–water partition coefficient (Wildman–Crippen LogP) is 6.01. The van der Waals surface area contributed by atoms with Crippen LogP contribution in [-0.4, -0.2) is 34.2 Å². The Morgan fingerprint density at radius 3 is 2.51 bits per heavy atom. The summed E-state index contributed by atoms with van der Waals surface area (Å²) in [6.45, 7) is 0.0786. The van der Waals surface area contributed by atoms with Crippen molar-refractivity contribution in [1.82, 2.24) is 4.90 Å². The van der Waals surface area contributed by atoms with Crippen molar-refractivity contribution in [3.05, 3.63) is 89.7 Å². The molecule has 3 aromatic rings. The molecule has 0 aromatic heterocycles. The lowest BCUT2D eigenvalue weighted by atomic mass is 10.2. The first-order chi connectivity index (χ1) is 17.6. The summed E-state index contributed by atoms with van der Waals surface area (Å²) in [4.78, 5) is 31.7. The number of thioether (sulfide) groups is 1. The minimum absolute atomic E-state index is 0.0278. The standard InChI is InChI=1S/C26H21F4N3O3S/c1-36-19-11-9-16(10-12-19)15-33-23(34)14-22(24(35)32-21-8-3-2-7-20(21)27)37-25(33)31-18-6-4-5-17(13-18)26(28,29)30/h2-13,22H,14-15H2,1H3,(H,32,35). The number of benzene rings is 3. The number of alkyl halides is 3. The topological polar surface area (TPSA) is 71.0 Å². The maximum Gasteiger partial charge on any atom is 0.416 e. The van der Waals surface area contributed by atoms with E-state index in [0.29, 0.717) is 5.75 Å². The smallest absolute Gasteiger partial charge is 0.416 e. The van der Waals surface area contributed by atoms with E-state index in [2.05, 4.69) is 10.3 Å². The number of amidine groups is 1. The molecular weight excluding hydrogens is 510 g/mol. The van der Waals surface area contributed by atoms with Crippen LogP contribution in [-0.2, 0) is 22.3 Å². The van der Waals surface area contributed by atoms with E-state index in [9.17, 15) is 27.2 Å². The van der Waals surface area contributed by atoms with Gasteiger partial charge in [0.05, 0.1) is 30.6 Å². The summed E-state index contributed by atoms with van der Waals surface area (Å²) >= 11 is 0.926. The first kappa shape index (κ1) is 26.2. The Balaban J connectivity index is 1.65. The predicted molar refractivity (Wildman–Crippen MR) is 133 cm³/mol. The summed E-state index contributed by atoms with van der Waals surface area (Å²) in [5.74, 6) is -1.09. The molecule has 37 heavy (non-hydrogen) atoms. The SMILES string of the molecule is COc1ccc(CN2C(=O)CC(C(=O)Nc3ccccc3F)SC2=Nc2cccc(C(F)(F)F)c2)cc1. The van der Waals surface area contributed by atoms with Gasteiger partial charge in [0.2, 0.25) is 11.8 Å². The number of halogens is 4. The molecule has 0 bridgehead atoms. The van der Waals surface area contributed by atoms with Gasteiger partial charge in [0.15, 0.2) is 5.17 Å². The highest BCUT2D eigenvalue weighted by atomic mass is 32.2. The number of nitrogens with one attached hydrogen (secondary N) is 1. The fraction of sp³-hybridized carbons (Fsp3) is 0.192. The van der Waals surface area contributed by atoms with Gasteiger partial charge in [-0.1, -0.05) is 42.1 Å². The van der Waals surface area contributed by atoms with Crippen LogP contribution in [0.1, 0.15) is 17.5 Å². The van der Waals surface area contributed by atoms with Crippen molar-refractivity contribution in [2.24, 2.45) is 4.99 Å². The van der Waals surface area contributed by atoms with Crippen molar-refractivity contribution >= 4 is 40.1 Å². The zero-order valence-corrected chi connectivity index (χ0v) is 20.3. The zero-order valence-electron chi connectivity index (χ0n) is 19.5. The first-order valence-electron chi connectivity index (χ1n) is 11.1. The fourth-order valence-corrected chi connectivity index (χ4v) is 4.65. The third-order valence-electron chi connectivity index (χ3n) is 5.46. The third-order valence-corrected chi connectivity index (χ3v) is 6.65. The lowest BCUT2D eigenvalue weighted by Gasteiger charge is -2.32. The second-order valence-electron chi connectivity index (χ2n) is 8.05. The number of anilines is 1. The molecule has 1 aliphatic rings. The number of methoxy groups -OCH3 is 1. The molecular formula is C26H21F4N3O3S. The fourth-order valence-electron chi connectivity index (χ4n) is 3.55. The molecule has 1 aliphatic heterocycles. The van der Waals surface area contributed by atoms with Crippen LogP contribution in [0, 0.1) is 5.82 Å². The van der Waals surface area contributed by atoms with E-state index in [-0.39, 0.29) is 29.5 Å². The molecule has 3 aromatic carbocycles. The number of hydrogen-bond donors (Lipinski definition) is 1. The summed E-state index contributed by atoms with van der Waals surface area (Å²) < 4.78 is 58.9. The van der Waals surface area contributed by atoms with Crippen LogP contribution < -0.4 is 10.1 Å². The van der Waals surface area contributed by atoms with Gasteiger partial charge in [-0.15, -0.1) is 0 Å². The van der Waals surface area contributed by atoms with E-state index in [1.54, 1.807) is 30.3 Å². The number of carbonyl (C=O) groups excluding carboxylic acids is 2. The molecule has 1 atom stereocenters. The van der Waals surface area contributed by atoms with Crippen molar-refractivity contribution < 1.29 is 31.9 Å². The highest BCUT2D eigenvalue weighted by molar-refractivity contribution is 8.15. The van der Waals surface area contributed by atoms with Crippen molar-refractivity contribution in [2.75, 3.05) is 12.4 Å². The minimum atomic E-state index is -4.57. The van der Waals surface area contributed by atoms with Crippen LogP contribution in [0.25, 0.3) is 0 Å². The number of carbonyl (C=O) groups is 2.